The minimum Gasteiger partial charge on any atom is -0.349 e. The van der Waals surface area contributed by atoms with E-state index in [-0.39, 0.29) is 11.9 Å². The fourth-order valence-electron chi connectivity index (χ4n) is 3.11. The number of nitrogens with zero attached hydrogens (tertiary/aromatic N) is 1. The van der Waals surface area contributed by atoms with E-state index in [0.29, 0.717) is 0 Å². The topological polar surface area (TPSA) is 44.4 Å². The zero-order valence-electron chi connectivity index (χ0n) is 15.3. The van der Waals surface area contributed by atoms with Gasteiger partial charge in [-0.3, -0.25) is 4.79 Å². The summed E-state index contributed by atoms with van der Waals surface area (Å²) < 4.78 is 0. The number of piperidine rings is 1. The highest BCUT2D eigenvalue weighted by Gasteiger charge is 2.22. The van der Waals surface area contributed by atoms with Crippen LogP contribution in [0.4, 0.5) is 5.69 Å². The van der Waals surface area contributed by atoms with Gasteiger partial charge in [-0.1, -0.05) is 35.9 Å². The maximum absolute atomic E-state index is 12.4. The highest BCUT2D eigenvalue weighted by Crippen LogP contribution is 2.17. The summed E-state index contributed by atoms with van der Waals surface area (Å²) >= 11 is 5.56. The maximum Gasteiger partial charge on any atom is 0.251 e. The summed E-state index contributed by atoms with van der Waals surface area (Å²) in [5.74, 6) is 0.00376. The molecule has 1 saturated heterocycles. The normalized spacial score (nSPS) is 14.8. The van der Waals surface area contributed by atoms with Gasteiger partial charge in [-0.25, -0.2) is 0 Å². The average Bonchev–Trinajstić information content (AvgIpc) is 2.64. The van der Waals surface area contributed by atoms with Crippen molar-refractivity contribution in [2.75, 3.05) is 18.4 Å². The Kier molecular flexibility index (Phi) is 5.89. The Morgan fingerprint density at radius 1 is 1.04 bits per heavy atom. The van der Waals surface area contributed by atoms with E-state index in [2.05, 4.69) is 28.5 Å². The zero-order valence-corrected chi connectivity index (χ0v) is 16.1. The first-order chi connectivity index (χ1) is 12.5. The van der Waals surface area contributed by atoms with Crippen LogP contribution in [0.25, 0.3) is 0 Å². The largest absolute Gasteiger partial charge is 0.349 e. The standard InChI is InChI=1S/C21H25N3OS/c1-15-7-9-17(10-8-15)20(25)22-18-11-13-24(14-12-18)21(26)23-19-6-4-3-5-16(19)2/h3-10,18H,11-14H2,1-2H3,(H,22,25)(H,23,26). The molecule has 0 radical (unpaired) electrons. The number of carbonyl (C=O) groups excluding carboxylic acids is 1. The third-order valence-electron chi connectivity index (χ3n) is 4.82. The van der Waals surface area contributed by atoms with Crippen molar-refractivity contribution in [3.63, 3.8) is 0 Å². The van der Waals surface area contributed by atoms with Gasteiger partial charge < -0.3 is 15.5 Å². The van der Waals surface area contributed by atoms with Gasteiger partial charge in [0.1, 0.15) is 0 Å². The molecule has 1 amide bonds. The molecular formula is C21H25N3OS. The van der Waals surface area contributed by atoms with E-state index in [1.165, 1.54) is 5.56 Å². The summed E-state index contributed by atoms with van der Waals surface area (Å²) in [6, 6.07) is 16.0. The molecule has 0 aliphatic carbocycles. The van der Waals surface area contributed by atoms with Crippen LogP contribution in [0.2, 0.25) is 0 Å². The monoisotopic (exact) mass is 367 g/mol. The molecule has 0 aromatic heterocycles. The second kappa shape index (κ2) is 8.32. The molecule has 0 saturated carbocycles. The third kappa shape index (κ3) is 4.61. The number of rotatable bonds is 3. The minimum absolute atomic E-state index is 0.00376. The van der Waals surface area contributed by atoms with Crippen molar-refractivity contribution in [1.29, 1.82) is 0 Å². The lowest BCUT2D eigenvalue weighted by Gasteiger charge is -2.34. The van der Waals surface area contributed by atoms with E-state index >= 15 is 0 Å². The summed E-state index contributed by atoms with van der Waals surface area (Å²) in [6.07, 6.45) is 1.79. The van der Waals surface area contributed by atoms with Crippen molar-refractivity contribution in [3.8, 4) is 0 Å². The predicted octanol–water partition coefficient (Wildman–Crippen LogP) is 3.89. The fourth-order valence-corrected chi connectivity index (χ4v) is 3.40. The second-order valence-electron chi connectivity index (χ2n) is 6.85. The van der Waals surface area contributed by atoms with Gasteiger partial charge in [0.25, 0.3) is 5.91 Å². The summed E-state index contributed by atoms with van der Waals surface area (Å²) in [6.45, 7) is 5.77. The molecule has 0 spiro atoms. The lowest BCUT2D eigenvalue weighted by molar-refractivity contribution is 0.0922. The van der Waals surface area contributed by atoms with Crippen molar-refractivity contribution in [1.82, 2.24) is 10.2 Å². The highest BCUT2D eigenvalue weighted by molar-refractivity contribution is 7.80. The molecule has 3 rings (SSSR count). The van der Waals surface area contributed by atoms with Crippen molar-refractivity contribution < 1.29 is 4.79 Å². The van der Waals surface area contributed by atoms with Crippen LogP contribution < -0.4 is 10.6 Å². The number of benzene rings is 2. The number of thiocarbonyl (C=S) groups is 1. The van der Waals surface area contributed by atoms with Crippen LogP contribution >= 0.6 is 12.2 Å². The van der Waals surface area contributed by atoms with Crippen LogP contribution in [0.3, 0.4) is 0 Å². The second-order valence-corrected chi connectivity index (χ2v) is 7.23. The lowest BCUT2D eigenvalue weighted by atomic mass is 10.0. The van der Waals surface area contributed by atoms with Gasteiger partial charge in [0.05, 0.1) is 0 Å². The van der Waals surface area contributed by atoms with Gasteiger partial charge in [-0.15, -0.1) is 0 Å². The van der Waals surface area contributed by atoms with E-state index in [1.807, 2.05) is 49.4 Å². The lowest BCUT2D eigenvalue weighted by Crippen LogP contribution is -2.47. The van der Waals surface area contributed by atoms with Crippen molar-refractivity contribution in [2.45, 2.75) is 32.7 Å². The molecule has 1 fully saturated rings. The number of hydrogen-bond acceptors (Lipinski definition) is 2. The van der Waals surface area contributed by atoms with Crippen LogP contribution in [0, 0.1) is 13.8 Å². The van der Waals surface area contributed by atoms with E-state index in [9.17, 15) is 4.79 Å². The molecule has 2 aromatic carbocycles. The van der Waals surface area contributed by atoms with Gasteiger partial charge in [-0.2, -0.15) is 0 Å². The summed E-state index contributed by atoms with van der Waals surface area (Å²) in [5, 5.41) is 7.23. The third-order valence-corrected chi connectivity index (χ3v) is 5.18. The van der Waals surface area contributed by atoms with Gasteiger partial charge in [0.15, 0.2) is 5.11 Å². The molecule has 26 heavy (non-hydrogen) atoms. The van der Waals surface area contributed by atoms with Crippen LogP contribution in [-0.4, -0.2) is 35.1 Å². The molecule has 5 heteroatoms. The Labute approximate surface area is 160 Å². The molecular weight excluding hydrogens is 342 g/mol. The molecule has 136 valence electrons. The molecule has 1 aliphatic rings. The van der Waals surface area contributed by atoms with E-state index in [1.54, 1.807) is 0 Å². The number of para-hydroxylation sites is 1. The quantitative estimate of drug-likeness (QED) is 0.808. The van der Waals surface area contributed by atoms with E-state index < -0.39 is 0 Å². The molecule has 0 unspecified atom stereocenters. The fraction of sp³-hybridized carbons (Fsp3) is 0.333. The van der Waals surface area contributed by atoms with Crippen molar-refractivity contribution >= 4 is 28.9 Å². The Morgan fingerprint density at radius 3 is 2.35 bits per heavy atom. The zero-order chi connectivity index (χ0) is 18.5. The number of nitrogens with one attached hydrogen (secondary N) is 2. The molecule has 0 bridgehead atoms. The first-order valence-corrected chi connectivity index (χ1v) is 9.43. The first kappa shape index (κ1) is 18.4. The number of likely N-dealkylation sites (tertiary alicyclic amines) is 1. The number of anilines is 1. The Hall–Kier alpha value is -2.40. The highest BCUT2D eigenvalue weighted by atomic mass is 32.1. The Bertz CT molecular complexity index is 780. The van der Waals surface area contributed by atoms with Crippen LogP contribution in [-0.2, 0) is 0 Å². The van der Waals surface area contributed by atoms with Crippen LogP contribution in [0.15, 0.2) is 48.5 Å². The van der Waals surface area contributed by atoms with Gasteiger partial charge >= 0.3 is 0 Å². The summed E-state index contributed by atoms with van der Waals surface area (Å²) in [5.41, 5.74) is 4.10. The first-order valence-electron chi connectivity index (χ1n) is 9.02. The van der Waals surface area contributed by atoms with Crippen molar-refractivity contribution in [3.05, 3.63) is 65.2 Å². The van der Waals surface area contributed by atoms with Gasteiger partial charge in [0, 0.05) is 30.4 Å². The molecule has 1 aliphatic heterocycles. The number of hydrogen-bond donors (Lipinski definition) is 2. The molecule has 0 atom stereocenters. The summed E-state index contributed by atoms with van der Waals surface area (Å²) in [4.78, 5) is 14.5. The molecule has 1 heterocycles. The Morgan fingerprint density at radius 2 is 1.69 bits per heavy atom. The van der Waals surface area contributed by atoms with E-state index in [0.717, 1.165) is 47.9 Å². The SMILES string of the molecule is Cc1ccc(C(=O)NC2CCN(C(=S)Nc3ccccc3C)CC2)cc1. The number of amides is 1. The predicted molar refractivity (Wildman–Crippen MR) is 111 cm³/mol. The molecule has 4 nitrogen and oxygen atoms in total. The number of carbonyl (C=O) groups is 1. The van der Waals surface area contributed by atoms with Crippen LogP contribution in [0.1, 0.15) is 34.3 Å². The minimum atomic E-state index is 0.00376. The van der Waals surface area contributed by atoms with Gasteiger partial charge in [0.2, 0.25) is 0 Å². The smallest absolute Gasteiger partial charge is 0.251 e. The van der Waals surface area contributed by atoms with Crippen molar-refractivity contribution in [2.24, 2.45) is 0 Å². The van der Waals surface area contributed by atoms with Gasteiger partial charge in [-0.05, 0) is 62.7 Å². The van der Waals surface area contributed by atoms with E-state index in [4.69, 9.17) is 12.2 Å². The average molecular weight is 368 g/mol. The summed E-state index contributed by atoms with van der Waals surface area (Å²) in [7, 11) is 0. The molecule has 2 N–H and O–H groups in total. The van der Waals surface area contributed by atoms with Crippen LogP contribution in [0.5, 0.6) is 0 Å². The molecule has 2 aromatic rings. The maximum atomic E-state index is 12.4. The number of aryl methyl sites for hydroxylation is 2. The Balaban J connectivity index is 1.49.